The first kappa shape index (κ1) is 22.0. The van der Waals surface area contributed by atoms with Crippen molar-refractivity contribution in [1.29, 1.82) is 0 Å². The first-order valence-electron chi connectivity index (χ1n) is 7.79. The smallest absolute Gasteiger partial charge is 0.365 e. The number of primary amides is 1. The predicted octanol–water partition coefficient (Wildman–Crippen LogP) is 5.01. The van der Waals surface area contributed by atoms with Crippen LogP contribution < -0.4 is 5.73 Å². The summed E-state index contributed by atoms with van der Waals surface area (Å²) in [4.78, 5) is 11.1. The van der Waals surface area contributed by atoms with Gasteiger partial charge in [0.05, 0.1) is 16.8 Å². The normalized spacial score (nSPS) is 18.7. The largest absolute Gasteiger partial charge is 0.416 e. The number of nitrogens with zero attached hydrogens (tertiary/aromatic N) is 2. The first-order chi connectivity index (χ1) is 12.8. The van der Waals surface area contributed by atoms with E-state index in [1.165, 1.54) is 6.20 Å². The predicted molar refractivity (Wildman–Crippen MR) is 93.9 cm³/mol. The van der Waals surface area contributed by atoms with Crippen molar-refractivity contribution in [2.75, 3.05) is 0 Å². The van der Waals surface area contributed by atoms with E-state index in [0.717, 1.165) is 11.2 Å². The Balaban J connectivity index is 2.64. The van der Waals surface area contributed by atoms with Crippen molar-refractivity contribution < 1.29 is 31.1 Å². The zero-order valence-electron chi connectivity index (χ0n) is 14.3. The molecule has 1 aliphatic heterocycles. The minimum Gasteiger partial charge on any atom is -0.365 e. The highest BCUT2D eigenvalue weighted by Gasteiger charge is 2.37. The zero-order valence-corrected chi connectivity index (χ0v) is 15.9. The lowest BCUT2D eigenvalue weighted by molar-refractivity contribution is -0.143. The SMILES string of the molecule is CC1CC=CN(/C=C(/Br)C(N)=O)N=C1c1cc(C(F)(F)F)cc(C(F)(F)F)c1. The summed E-state index contributed by atoms with van der Waals surface area (Å²) >= 11 is 2.91. The van der Waals surface area contributed by atoms with E-state index in [1.807, 2.05) is 0 Å². The van der Waals surface area contributed by atoms with Crippen molar-refractivity contribution in [3.8, 4) is 0 Å². The number of carbonyl (C=O) groups is 1. The van der Waals surface area contributed by atoms with Crippen molar-refractivity contribution in [3.05, 3.63) is 57.8 Å². The molecule has 28 heavy (non-hydrogen) atoms. The highest BCUT2D eigenvalue weighted by atomic mass is 79.9. The van der Waals surface area contributed by atoms with Crippen molar-refractivity contribution in [2.45, 2.75) is 25.7 Å². The molecule has 1 unspecified atom stereocenters. The molecule has 1 amide bonds. The fraction of sp³-hybridized carbons (Fsp3) is 0.294. The van der Waals surface area contributed by atoms with Gasteiger partial charge in [0.15, 0.2) is 0 Å². The number of hydrogen-bond acceptors (Lipinski definition) is 3. The highest BCUT2D eigenvalue weighted by molar-refractivity contribution is 9.12. The van der Waals surface area contributed by atoms with Gasteiger partial charge in [-0.05, 0) is 46.1 Å². The molecule has 0 radical (unpaired) electrons. The molecule has 1 atom stereocenters. The molecule has 2 rings (SSSR count). The summed E-state index contributed by atoms with van der Waals surface area (Å²) in [6, 6.07) is 1.31. The third kappa shape index (κ3) is 5.37. The second-order valence-corrected chi connectivity index (χ2v) is 6.88. The van der Waals surface area contributed by atoms with Gasteiger partial charge in [-0.3, -0.25) is 4.79 Å². The Hall–Kier alpha value is -2.30. The van der Waals surface area contributed by atoms with Crippen LogP contribution in [-0.4, -0.2) is 16.6 Å². The van der Waals surface area contributed by atoms with Gasteiger partial charge >= 0.3 is 12.4 Å². The molecule has 152 valence electrons. The van der Waals surface area contributed by atoms with E-state index in [-0.39, 0.29) is 21.8 Å². The molecular weight excluding hydrogens is 456 g/mol. The van der Waals surface area contributed by atoms with E-state index in [9.17, 15) is 31.1 Å². The maximum Gasteiger partial charge on any atom is 0.416 e. The fourth-order valence-corrected chi connectivity index (χ4v) is 2.65. The minimum atomic E-state index is -4.96. The molecule has 11 heteroatoms. The minimum absolute atomic E-state index is 0.00243. The molecule has 1 aliphatic rings. The second kappa shape index (κ2) is 7.98. The van der Waals surface area contributed by atoms with Gasteiger partial charge in [-0.1, -0.05) is 13.0 Å². The molecule has 0 saturated heterocycles. The van der Waals surface area contributed by atoms with Gasteiger partial charge in [0.2, 0.25) is 0 Å². The topological polar surface area (TPSA) is 58.7 Å². The molecule has 2 N–H and O–H groups in total. The molecule has 0 bridgehead atoms. The van der Waals surface area contributed by atoms with Gasteiger partial charge in [0.1, 0.15) is 4.48 Å². The summed E-state index contributed by atoms with van der Waals surface area (Å²) in [5.74, 6) is -1.30. The molecule has 4 nitrogen and oxygen atoms in total. The average molecular weight is 470 g/mol. The fourth-order valence-electron chi connectivity index (χ4n) is 2.44. The van der Waals surface area contributed by atoms with Gasteiger partial charge in [-0.15, -0.1) is 0 Å². The third-order valence-electron chi connectivity index (χ3n) is 3.80. The number of halogens is 7. The Morgan fingerprint density at radius 3 is 2.18 bits per heavy atom. The van der Waals surface area contributed by atoms with E-state index < -0.39 is 35.3 Å². The summed E-state index contributed by atoms with van der Waals surface area (Å²) in [7, 11) is 0. The molecule has 1 aromatic carbocycles. The van der Waals surface area contributed by atoms with Gasteiger partial charge in [0, 0.05) is 18.3 Å². The maximum absolute atomic E-state index is 13.1. The lowest BCUT2D eigenvalue weighted by Gasteiger charge is -2.18. The number of alkyl halides is 6. The molecule has 0 spiro atoms. The number of benzene rings is 1. The lowest BCUT2D eigenvalue weighted by Crippen LogP contribution is -2.19. The number of carbonyl (C=O) groups excluding carboxylic acids is 1. The summed E-state index contributed by atoms with van der Waals surface area (Å²) in [6.07, 6.45) is -5.40. The van der Waals surface area contributed by atoms with E-state index >= 15 is 0 Å². The van der Waals surface area contributed by atoms with E-state index in [2.05, 4.69) is 21.0 Å². The summed E-state index contributed by atoms with van der Waals surface area (Å²) < 4.78 is 78.7. The van der Waals surface area contributed by atoms with Crippen molar-refractivity contribution in [2.24, 2.45) is 16.8 Å². The molecule has 1 aromatic rings. The number of rotatable bonds is 3. The van der Waals surface area contributed by atoms with Gasteiger partial charge in [-0.2, -0.15) is 31.4 Å². The standard InChI is InChI=1S/C17H14BrF6N3O/c1-9-3-2-4-27(8-13(18)15(25)28)26-14(9)10-5-11(16(19,20)21)7-12(6-10)17(22,23)24/h2,4-9H,3H2,1H3,(H2,25,28)/b13-8+. The van der Waals surface area contributed by atoms with Crippen molar-refractivity contribution in [1.82, 2.24) is 5.01 Å². The monoisotopic (exact) mass is 469 g/mol. The van der Waals surface area contributed by atoms with E-state index in [4.69, 9.17) is 5.73 Å². The van der Waals surface area contributed by atoms with E-state index in [0.29, 0.717) is 18.6 Å². The zero-order chi connectivity index (χ0) is 21.3. The van der Waals surface area contributed by atoms with Gasteiger partial charge in [-0.25, -0.2) is 5.01 Å². The van der Waals surface area contributed by atoms with Crippen LogP contribution in [0.25, 0.3) is 0 Å². The molecule has 0 fully saturated rings. The summed E-state index contributed by atoms with van der Waals surface area (Å²) in [5.41, 5.74) is 1.93. The molecule has 0 aromatic heterocycles. The Labute approximate surface area is 164 Å². The number of hydrazone groups is 1. The Morgan fingerprint density at radius 1 is 1.18 bits per heavy atom. The molecule has 1 heterocycles. The quantitative estimate of drug-likeness (QED) is 0.499. The summed E-state index contributed by atoms with van der Waals surface area (Å²) in [6.45, 7) is 1.62. The van der Waals surface area contributed by atoms with Crippen LogP contribution in [0, 0.1) is 5.92 Å². The number of hydrogen-bond donors (Lipinski definition) is 1. The van der Waals surface area contributed by atoms with Crippen LogP contribution in [0.3, 0.4) is 0 Å². The average Bonchev–Trinajstić information content (AvgIpc) is 2.74. The molecule has 0 saturated carbocycles. The van der Waals surface area contributed by atoms with E-state index in [1.54, 1.807) is 13.0 Å². The Bertz CT molecular complexity index is 825. The number of allylic oxidation sites excluding steroid dienone is 1. The second-order valence-electron chi connectivity index (χ2n) is 6.02. The number of amides is 1. The highest BCUT2D eigenvalue weighted by Crippen LogP contribution is 2.37. The maximum atomic E-state index is 13.1. The Morgan fingerprint density at radius 2 is 1.71 bits per heavy atom. The van der Waals surface area contributed by atoms with Crippen LogP contribution in [0.5, 0.6) is 0 Å². The number of nitrogens with two attached hydrogens (primary N) is 1. The lowest BCUT2D eigenvalue weighted by atomic mass is 9.93. The molecular formula is C17H14BrF6N3O. The van der Waals surface area contributed by atoms with Crippen LogP contribution in [0.4, 0.5) is 26.3 Å². The van der Waals surface area contributed by atoms with Crippen molar-refractivity contribution >= 4 is 27.5 Å². The van der Waals surface area contributed by atoms with Crippen LogP contribution in [0.1, 0.15) is 30.0 Å². The third-order valence-corrected chi connectivity index (χ3v) is 4.40. The van der Waals surface area contributed by atoms with Crippen LogP contribution in [0.15, 0.2) is 46.3 Å². The van der Waals surface area contributed by atoms with Crippen LogP contribution in [0.2, 0.25) is 0 Å². The van der Waals surface area contributed by atoms with Crippen LogP contribution in [-0.2, 0) is 17.1 Å². The first-order valence-corrected chi connectivity index (χ1v) is 8.59. The Kier molecular flexibility index (Phi) is 6.27. The molecule has 0 aliphatic carbocycles. The van der Waals surface area contributed by atoms with Crippen LogP contribution >= 0.6 is 15.9 Å². The van der Waals surface area contributed by atoms with Gasteiger partial charge < -0.3 is 5.73 Å². The van der Waals surface area contributed by atoms with Gasteiger partial charge in [0.25, 0.3) is 5.91 Å². The van der Waals surface area contributed by atoms with Crippen molar-refractivity contribution in [3.63, 3.8) is 0 Å². The summed E-state index contributed by atoms with van der Waals surface area (Å²) in [5, 5.41) is 5.21.